The monoisotopic (exact) mass is 527 g/mol. The maximum absolute atomic E-state index is 13.2. The predicted molar refractivity (Wildman–Crippen MR) is 135 cm³/mol. The van der Waals surface area contributed by atoms with Gasteiger partial charge in [0.05, 0.1) is 24.4 Å². The highest BCUT2D eigenvalue weighted by atomic mass is 16.7. The summed E-state index contributed by atoms with van der Waals surface area (Å²) in [6.07, 6.45) is -2.51. The first kappa shape index (κ1) is 31.5. The molecule has 37 heavy (non-hydrogen) atoms. The number of ketones is 2. The minimum atomic E-state index is -1.58. The van der Waals surface area contributed by atoms with Gasteiger partial charge in [-0.3, -0.25) is 14.4 Å². The van der Waals surface area contributed by atoms with Gasteiger partial charge in [-0.2, -0.15) is 0 Å². The molecule has 0 aliphatic carbocycles. The number of hydrogen-bond donors (Lipinski definition) is 3. The molecule has 0 radical (unpaired) electrons. The second-order valence-electron chi connectivity index (χ2n) is 11.1. The Kier molecular flexibility index (Phi) is 11.0. The Labute approximate surface area is 219 Å². The van der Waals surface area contributed by atoms with E-state index in [0.29, 0.717) is 6.42 Å². The largest absolute Gasteiger partial charge is 0.458 e. The lowest BCUT2D eigenvalue weighted by atomic mass is 9.85. The van der Waals surface area contributed by atoms with Crippen molar-refractivity contribution in [2.75, 3.05) is 14.1 Å². The summed E-state index contributed by atoms with van der Waals surface area (Å²) < 4.78 is 17.4. The highest BCUT2D eigenvalue weighted by Crippen LogP contribution is 2.31. The van der Waals surface area contributed by atoms with Crippen molar-refractivity contribution in [1.82, 2.24) is 4.90 Å². The summed E-state index contributed by atoms with van der Waals surface area (Å²) in [5.74, 6) is -3.30. The van der Waals surface area contributed by atoms with E-state index >= 15 is 0 Å². The molecule has 0 aromatic carbocycles. The summed E-state index contributed by atoms with van der Waals surface area (Å²) in [4.78, 5) is 40.5. The van der Waals surface area contributed by atoms with E-state index in [2.05, 4.69) is 0 Å². The Morgan fingerprint density at radius 1 is 1.11 bits per heavy atom. The van der Waals surface area contributed by atoms with Crippen molar-refractivity contribution in [3.63, 3.8) is 0 Å². The van der Waals surface area contributed by atoms with Crippen molar-refractivity contribution in [2.24, 2.45) is 17.8 Å². The van der Waals surface area contributed by atoms with Crippen LogP contribution >= 0.6 is 0 Å². The number of aliphatic hydroxyl groups excluding tert-OH is 2. The van der Waals surface area contributed by atoms with Crippen molar-refractivity contribution < 1.29 is 43.9 Å². The average Bonchev–Trinajstić information content (AvgIpc) is 2.81. The number of nitrogens with zero attached hydrogens (tertiary/aromatic N) is 1. The van der Waals surface area contributed by atoms with E-state index in [0.717, 1.165) is 0 Å². The number of carbonyl (C=O) groups is 3. The number of aliphatic hydroxyl groups is 3. The molecule has 0 aromatic heterocycles. The first-order valence-corrected chi connectivity index (χ1v) is 13.1. The quantitative estimate of drug-likeness (QED) is 0.361. The molecule has 10 heteroatoms. The van der Waals surface area contributed by atoms with Crippen LogP contribution in [0.25, 0.3) is 0 Å². The van der Waals surface area contributed by atoms with Crippen molar-refractivity contribution >= 4 is 17.5 Å². The van der Waals surface area contributed by atoms with Crippen molar-refractivity contribution in [1.29, 1.82) is 0 Å². The summed E-state index contributed by atoms with van der Waals surface area (Å²) >= 11 is 0. The molecule has 0 amide bonds. The summed E-state index contributed by atoms with van der Waals surface area (Å²) in [5.41, 5.74) is -1.58. The summed E-state index contributed by atoms with van der Waals surface area (Å²) in [6, 6.07) is -0.656. The molecule has 1 saturated heterocycles. The van der Waals surface area contributed by atoms with Gasteiger partial charge in [-0.05, 0) is 65.8 Å². The molecule has 0 aromatic rings. The number of carbonyl (C=O) groups excluding carboxylic acids is 3. The molecule has 11 atom stereocenters. The molecule has 3 N–H and O–H groups in total. The molecule has 0 saturated carbocycles. The molecule has 0 bridgehead atoms. The molecule has 2 heterocycles. The molecule has 10 nitrogen and oxygen atoms in total. The number of Topliss-reactive ketones (excluding diaryl/α,β-unsaturated/α-hetero) is 1. The lowest BCUT2D eigenvalue weighted by Gasteiger charge is -2.45. The van der Waals surface area contributed by atoms with Gasteiger partial charge in [-0.25, -0.2) is 0 Å². The first-order valence-electron chi connectivity index (χ1n) is 13.1. The fourth-order valence-electron chi connectivity index (χ4n) is 5.01. The van der Waals surface area contributed by atoms with Crippen LogP contribution in [-0.4, -0.2) is 100 Å². The van der Waals surface area contributed by atoms with Gasteiger partial charge in [-0.15, -0.1) is 0 Å². The first-order chi connectivity index (χ1) is 17.1. The highest BCUT2D eigenvalue weighted by molar-refractivity contribution is 5.99. The summed E-state index contributed by atoms with van der Waals surface area (Å²) in [5, 5.41) is 32.3. The van der Waals surface area contributed by atoms with E-state index in [1.54, 1.807) is 39.8 Å². The second-order valence-corrected chi connectivity index (χ2v) is 11.1. The van der Waals surface area contributed by atoms with Gasteiger partial charge in [0.25, 0.3) is 0 Å². The Morgan fingerprint density at radius 3 is 2.30 bits per heavy atom. The summed E-state index contributed by atoms with van der Waals surface area (Å²) in [6.45, 7) is 9.92. The van der Waals surface area contributed by atoms with Crippen LogP contribution in [-0.2, 0) is 28.6 Å². The average molecular weight is 528 g/mol. The van der Waals surface area contributed by atoms with E-state index in [1.807, 2.05) is 6.92 Å². The number of likely N-dealkylation sites (N-methyl/N-ethyl adjacent to an activating group) is 1. The number of esters is 1. The minimum absolute atomic E-state index is 0.169. The lowest BCUT2D eigenvalue weighted by molar-refractivity contribution is -0.296. The lowest BCUT2D eigenvalue weighted by Crippen LogP contribution is -2.62. The second kappa shape index (κ2) is 12.9. The van der Waals surface area contributed by atoms with Crippen LogP contribution in [0.15, 0.2) is 12.2 Å². The van der Waals surface area contributed by atoms with Gasteiger partial charge >= 0.3 is 5.97 Å². The zero-order valence-corrected chi connectivity index (χ0v) is 23.3. The van der Waals surface area contributed by atoms with Gasteiger partial charge in [0.2, 0.25) is 0 Å². The molecule has 212 valence electrons. The van der Waals surface area contributed by atoms with Crippen molar-refractivity contribution in [3.05, 3.63) is 12.2 Å². The maximum atomic E-state index is 13.2. The number of hydrogen-bond acceptors (Lipinski definition) is 10. The maximum Gasteiger partial charge on any atom is 0.316 e. The van der Waals surface area contributed by atoms with Gasteiger partial charge in [-0.1, -0.05) is 20.8 Å². The van der Waals surface area contributed by atoms with Crippen LogP contribution in [0.2, 0.25) is 0 Å². The minimum Gasteiger partial charge on any atom is -0.458 e. The van der Waals surface area contributed by atoms with Crippen LogP contribution < -0.4 is 0 Å². The number of allylic oxidation sites excluding steroid dienone is 1. The summed E-state index contributed by atoms with van der Waals surface area (Å²) in [7, 11) is 3.46. The van der Waals surface area contributed by atoms with E-state index < -0.39 is 72.0 Å². The SMILES string of the molecule is CCC1OC(=O)[C@H](C)C(=O)C[C@@H](O[C@H]2O[C@H](C)[C@@H](O)[C@H](N(C)C)[C@H]2O)[C@@H](C)C[C@@H](C)C(=O)/C=C/[C@]1(C)O. The molecule has 2 aliphatic heterocycles. The van der Waals surface area contributed by atoms with E-state index in [-0.39, 0.29) is 24.5 Å². The Morgan fingerprint density at radius 2 is 1.73 bits per heavy atom. The Bertz CT molecular complexity index is 842. The molecule has 2 rings (SSSR count). The fraction of sp³-hybridized carbons (Fsp3) is 0.815. The third-order valence-electron chi connectivity index (χ3n) is 7.66. The van der Waals surface area contributed by atoms with Gasteiger partial charge in [0.15, 0.2) is 12.1 Å². The number of cyclic esters (lactones) is 1. The van der Waals surface area contributed by atoms with E-state index in [9.17, 15) is 29.7 Å². The van der Waals surface area contributed by atoms with Crippen LogP contribution in [0, 0.1) is 17.8 Å². The van der Waals surface area contributed by atoms with Crippen LogP contribution in [0.5, 0.6) is 0 Å². The van der Waals surface area contributed by atoms with E-state index in [4.69, 9.17) is 14.2 Å². The van der Waals surface area contributed by atoms with Gasteiger partial charge in [0, 0.05) is 12.3 Å². The molecule has 0 spiro atoms. The zero-order valence-electron chi connectivity index (χ0n) is 23.3. The molecule has 1 unspecified atom stereocenters. The van der Waals surface area contributed by atoms with Crippen molar-refractivity contribution in [2.45, 2.75) is 109 Å². The molecular weight excluding hydrogens is 482 g/mol. The molecule has 1 fully saturated rings. The standard InChI is InChI=1S/C27H45NO9/c1-9-21-27(6,34)11-10-18(29)14(2)12-15(3)20(13-19(30)16(4)25(33)37-21)36-26-24(32)22(28(7)8)23(31)17(5)35-26/h10-11,14-17,20-24,26,31-32,34H,9,12-13H2,1-8H3/b11-10+/t14-,15+,16-,17-,20-,21?,22+,23-,24-,26-,27+/m1/s1. The zero-order chi connectivity index (χ0) is 28.2. The van der Waals surface area contributed by atoms with Crippen LogP contribution in [0.1, 0.15) is 60.8 Å². The van der Waals surface area contributed by atoms with Crippen LogP contribution in [0.3, 0.4) is 0 Å². The van der Waals surface area contributed by atoms with Gasteiger partial charge < -0.3 is 34.4 Å². The third kappa shape index (κ3) is 7.68. The Balaban J connectivity index is 2.38. The predicted octanol–water partition coefficient (Wildman–Crippen LogP) is 1.24. The highest BCUT2D eigenvalue weighted by Gasteiger charge is 2.46. The number of ether oxygens (including phenoxy) is 3. The fourth-order valence-corrected chi connectivity index (χ4v) is 5.01. The molecular formula is C27H45NO9. The van der Waals surface area contributed by atoms with Gasteiger partial charge in [0.1, 0.15) is 29.5 Å². The topological polar surface area (TPSA) is 143 Å². The Hall–Kier alpha value is -1.69. The normalized spacial score (nSPS) is 43.8. The van der Waals surface area contributed by atoms with E-state index in [1.165, 1.54) is 26.0 Å². The molecule has 2 aliphatic rings. The smallest absolute Gasteiger partial charge is 0.316 e. The van der Waals surface area contributed by atoms with Crippen LogP contribution in [0.4, 0.5) is 0 Å². The number of rotatable bonds is 4. The van der Waals surface area contributed by atoms with Crippen molar-refractivity contribution in [3.8, 4) is 0 Å². The third-order valence-corrected chi connectivity index (χ3v) is 7.66.